The van der Waals surface area contributed by atoms with Gasteiger partial charge in [0, 0.05) is 12.3 Å². The molecule has 0 aliphatic heterocycles. The van der Waals surface area contributed by atoms with Crippen LogP contribution < -0.4 is 5.32 Å². The second kappa shape index (κ2) is 5.97. The van der Waals surface area contributed by atoms with E-state index in [4.69, 9.17) is 5.26 Å². The highest BCUT2D eigenvalue weighted by atomic mass is 19.4. The Labute approximate surface area is 136 Å². The standard InChI is InChI=1S/C14H7F5N6/c15-12(16)9-3-11(25-13(23-9)7(4-20)5-22-25)24-10-2-1-8(6-21-10)14(17,18)19/h1-3,5-6,12H,(H,21,24). The van der Waals surface area contributed by atoms with E-state index in [0.717, 1.165) is 28.9 Å². The number of halogens is 5. The number of aromatic nitrogens is 4. The summed E-state index contributed by atoms with van der Waals surface area (Å²) in [6, 6.07) is 4.59. The number of nitrogens with zero attached hydrogens (tertiary/aromatic N) is 5. The highest BCUT2D eigenvalue weighted by molar-refractivity contribution is 5.62. The second-order valence-corrected chi connectivity index (χ2v) is 4.83. The maximum atomic E-state index is 13.0. The van der Waals surface area contributed by atoms with E-state index in [0.29, 0.717) is 6.20 Å². The Morgan fingerprint density at radius 2 is 1.96 bits per heavy atom. The molecule has 0 aromatic carbocycles. The molecule has 128 valence electrons. The van der Waals surface area contributed by atoms with Crippen LogP contribution in [0.15, 0.2) is 30.6 Å². The van der Waals surface area contributed by atoms with Gasteiger partial charge in [0.05, 0.1) is 11.8 Å². The van der Waals surface area contributed by atoms with Gasteiger partial charge in [0.25, 0.3) is 6.43 Å². The van der Waals surface area contributed by atoms with Crippen molar-refractivity contribution in [1.82, 2.24) is 19.6 Å². The molecule has 3 aromatic heterocycles. The first-order chi connectivity index (χ1) is 11.8. The monoisotopic (exact) mass is 354 g/mol. The highest BCUT2D eigenvalue weighted by Crippen LogP contribution is 2.30. The zero-order chi connectivity index (χ0) is 18.2. The molecule has 0 aliphatic rings. The van der Waals surface area contributed by atoms with Crippen LogP contribution in [0.5, 0.6) is 0 Å². The summed E-state index contributed by atoms with van der Waals surface area (Å²) in [5, 5.41) is 15.4. The average Bonchev–Trinajstić information content (AvgIpc) is 2.97. The van der Waals surface area contributed by atoms with Crippen LogP contribution in [0.1, 0.15) is 23.2 Å². The molecular weight excluding hydrogens is 347 g/mol. The largest absolute Gasteiger partial charge is 0.417 e. The summed E-state index contributed by atoms with van der Waals surface area (Å²) in [6.07, 6.45) is -5.70. The molecule has 3 rings (SSSR count). The fraction of sp³-hybridized carbons (Fsp3) is 0.143. The molecule has 0 bridgehead atoms. The summed E-state index contributed by atoms with van der Waals surface area (Å²) in [7, 11) is 0. The summed E-state index contributed by atoms with van der Waals surface area (Å²) < 4.78 is 64.7. The third-order valence-electron chi connectivity index (χ3n) is 3.18. The Morgan fingerprint density at radius 3 is 2.52 bits per heavy atom. The van der Waals surface area contributed by atoms with Gasteiger partial charge in [-0.05, 0) is 12.1 Å². The molecule has 11 heteroatoms. The van der Waals surface area contributed by atoms with Crippen molar-refractivity contribution in [1.29, 1.82) is 5.26 Å². The number of pyridine rings is 1. The Balaban J connectivity index is 2.03. The molecule has 6 nitrogen and oxygen atoms in total. The molecule has 0 unspecified atom stereocenters. The highest BCUT2D eigenvalue weighted by Gasteiger charge is 2.30. The zero-order valence-electron chi connectivity index (χ0n) is 12.1. The van der Waals surface area contributed by atoms with Crippen molar-refractivity contribution >= 4 is 17.3 Å². The summed E-state index contributed by atoms with van der Waals surface area (Å²) >= 11 is 0. The Bertz CT molecular complexity index is 955. The van der Waals surface area contributed by atoms with Crippen LogP contribution in [-0.4, -0.2) is 19.6 Å². The van der Waals surface area contributed by atoms with E-state index in [1.807, 2.05) is 0 Å². The van der Waals surface area contributed by atoms with E-state index in [-0.39, 0.29) is 22.8 Å². The minimum absolute atomic E-state index is 0.0188. The lowest BCUT2D eigenvalue weighted by atomic mass is 10.3. The summed E-state index contributed by atoms with van der Waals surface area (Å²) in [4.78, 5) is 7.28. The van der Waals surface area contributed by atoms with Crippen LogP contribution in [0.25, 0.3) is 5.65 Å². The predicted molar refractivity (Wildman–Crippen MR) is 75.2 cm³/mol. The van der Waals surface area contributed by atoms with Gasteiger partial charge in [0.1, 0.15) is 29.0 Å². The first-order valence-electron chi connectivity index (χ1n) is 6.67. The maximum absolute atomic E-state index is 13.0. The third-order valence-corrected chi connectivity index (χ3v) is 3.18. The van der Waals surface area contributed by atoms with E-state index < -0.39 is 23.9 Å². The van der Waals surface area contributed by atoms with Gasteiger partial charge in [-0.2, -0.15) is 28.0 Å². The van der Waals surface area contributed by atoms with Crippen LogP contribution in [0.2, 0.25) is 0 Å². The van der Waals surface area contributed by atoms with Crippen LogP contribution in [0.4, 0.5) is 33.6 Å². The quantitative estimate of drug-likeness (QED) is 0.726. The molecule has 0 fully saturated rings. The molecule has 0 radical (unpaired) electrons. The van der Waals surface area contributed by atoms with Crippen molar-refractivity contribution in [2.75, 3.05) is 5.32 Å². The molecule has 0 saturated heterocycles. The van der Waals surface area contributed by atoms with Crippen LogP contribution >= 0.6 is 0 Å². The third kappa shape index (κ3) is 3.18. The normalized spacial score (nSPS) is 11.7. The van der Waals surface area contributed by atoms with Crippen LogP contribution in [0, 0.1) is 11.3 Å². The van der Waals surface area contributed by atoms with Gasteiger partial charge in [-0.25, -0.2) is 18.7 Å². The van der Waals surface area contributed by atoms with Crippen LogP contribution in [0.3, 0.4) is 0 Å². The van der Waals surface area contributed by atoms with Crippen LogP contribution in [-0.2, 0) is 6.18 Å². The van der Waals surface area contributed by atoms with Crippen molar-refractivity contribution in [3.05, 3.63) is 47.4 Å². The summed E-state index contributed by atoms with van der Waals surface area (Å²) in [6.45, 7) is 0. The lowest BCUT2D eigenvalue weighted by molar-refractivity contribution is -0.137. The lowest BCUT2D eigenvalue weighted by Gasteiger charge is -2.11. The number of alkyl halides is 5. The maximum Gasteiger partial charge on any atom is 0.417 e. The Morgan fingerprint density at radius 1 is 1.20 bits per heavy atom. The number of hydrogen-bond donors (Lipinski definition) is 1. The van der Waals surface area contributed by atoms with Gasteiger partial charge in [0.2, 0.25) is 0 Å². The smallest absolute Gasteiger partial charge is 0.325 e. The minimum atomic E-state index is -4.54. The second-order valence-electron chi connectivity index (χ2n) is 4.83. The van der Waals surface area contributed by atoms with Crippen molar-refractivity contribution in [3.63, 3.8) is 0 Å². The minimum Gasteiger partial charge on any atom is -0.325 e. The molecule has 0 spiro atoms. The van der Waals surface area contributed by atoms with Gasteiger partial charge >= 0.3 is 6.18 Å². The van der Waals surface area contributed by atoms with Gasteiger partial charge in [-0.15, -0.1) is 0 Å². The van der Waals surface area contributed by atoms with Gasteiger partial charge < -0.3 is 5.32 Å². The van der Waals surface area contributed by atoms with Gasteiger partial charge in [0.15, 0.2) is 5.65 Å². The molecule has 0 aliphatic carbocycles. The molecular formula is C14H7F5N6. The molecule has 3 heterocycles. The lowest BCUT2D eigenvalue weighted by Crippen LogP contribution is -2.08. The van der Waals surface area contributed by atoms with E-state index in [9.17, 15) is 22.0 Å². The zero-order valence-corrected chi connectivity index (χ0v) is 12.1. The molecule has 0 saturated carbocycles. The van der Waals surface area contributed by atoms with E-state index in [1.165, 1.54) is 0 Å². The van der Waals surface area contributed by atoms with Crippen molar-refractivity contribution in [2.24, 2.45) is 0 Å². The van der Waals surface area contributed by atoms with Gasteiger partial charge in [-0.3, -0.25) is 0 Å². The SMILES string of the molecule is N#Cc1cnn2c(Nc3ccc(C(F)(F)F)cn3)cc(C(F)F)nc12. The van der Waals surface area contributed by atoms with E-state index in [2.05, 4.69) is 20.4 Å². The van der Waals surface area contributed by atoms with Gasteiger partial charge in [-0.1, -0.05) is 0 Å². The fourth-order valence-corrected chi connectivity index (χ4v) is 2.03. The fourth-order valence-electron chi connectivity index (χ4n) is 2.03. The van der Waals surface area contributed by atoms with E-state index in [1.54, 1.807) is 6.07 Å². The predicted octanol–water partition coefficient (Wildman–Crippen LogP) is 3.70. The summed E-state index contributed by atoms with van der Waals surface area (Å²) in [5.74, 6) is -0.0382. The summed E-state index contributed by atoms with van der Waals surface area (Å²) in [5.41, 5.74) is -1.68. The number of anilines is 2. The van der Waals surface area contributed by atoms with Crippen molar-refractivity contribution in [2.45, 2.75) is 12.6 Å². The molecule has 0 amide bonds. The number of fused-ring (bicyclic) bond motifs is 1. The average molecular weight is 354 g/mol. The molecule has 25 heavy (non-hydrogen) atoms. The van der Waals surface area contributed by atoms with Crippen molar-refractivity contribution < 1.29 is 22.0 Å². The first kappa shape index (κ1) is 16.6. The first-order valence-corrected chi connectivity index (χ1v) is 6.67. The number of nitrogens with one attached hydrogen (secondary N) is 1. The van der Waals surface area contributed by atoms with Crippen molar-refractivity contribution in [3.8, 4) is 6.07 Å². The Kier molecular flexibility index (Phi) is 3.96. The number of nitriles is 1. The van der Waals surface area contributed by atoms with E-state index >= 15 is 0 Å². The number of hydrogen-bond acceptors (Lipinski definition) is 5. The number of rotatable bonds is 3. The topological polar surface area (TPSA) is 78.9 Å². The molecule has 1 N–H and O–H groups in total. The molecule has 3 aromatic rings. The Hall–Kier alpha value is -3.29. The molecule has 0 atom stereocenters.